The van der Waals surface area contributed by atoms with E-state index in [9.17, 15) is 9.59 Å². The number of piperidine rings is 1. The van der Waals surface area contributed by atoms with Crippen LogP contribution in [0.15, 0.2) is 18.3 Å². The first-order valence-corrected chi connectivity index (χ1v) is 10.2. The molecule has 3 rings (SSSR count). The number of amides is 2. The Kier molecular flexibility index (Phi) is 6.02. The zero-order valence-electron chi connectivity index (χ0n) is 16.9. The van der Waals surface area contributed by atoms with Crippen LogP contribution in [0.25, 0.3) is 0 Å². The molecule has 2 saturated heterocycles. The molecule has 2 aliphatic rings. The van der Waals surface area contributed by atoms with Gasteiger partial charge in [0.15, 0.2) is 0 Å². The summed E-state index contributed by atoms with van der Waals surface area (Å²) in [6.45, 7) is 10.5. The van der Waals surface area contributed by atoms with Crippen molar-refractivity contribution in [3.63, 3.8) is 0 Å². The maximum atomic E-state index is 13.0. The normalized spacial score (nSPS) is 19.0. The smallest absolute Gasteiger partial charge is 0.257 e. The highest BCUT2D eigenvalue weighted by Crippen LogP contribution is 2.24. The number of hydrogen-bond acceptors (Lipinski definition) is 4. The third-order valence-electron chi connectivity index (χ3n) is 5.38. The number of anilines is 1. The second-order valence-electron chi connectivity index (χ2n) is 8.61. The van der Waals surface area contributed by atoms with E-state index in [0.717, 1.165) is 51.3 Å². The molecule has 2 fully saturated rings. The summed E-state index contributed by atoms with van der Waals surface area (Å²) in [5, 5.41) is 0. The molecule has 1 aromatic heterocycles. The fraction of sp³-hybridized carbons (Fsp3) is 0.667. The first-order valence-electron chi connectivity index (χ1n) is 10.2. The van der Waals surface area contributed by atoms with Crippen molar-refractivity contribution in [1.29, 1.82) is 0 Å². The summed E-state index contributed by atoms with van der Waals surface area (Å²) < 4.78 is 0. The van der Waals surface area contributed by atoms with Crippen LogP contribution in [0.3, 0.4) is 0 Å². The van der Waals surface area contributed by atoms with Gasteiger partial charge < -0.3 is 14.7 Å². The number of rotatable bonds is 2. The van der Waals surface area contributed by atoms with Gasteiger partial charge in [-0.15, -0.1) is 0 Å². The molecule has 148 valence electrons. The van der Waals surface area contributed by atoms with E-state index >= 15 is 0 Å². The molecule has 1 aromatic rings. The third kappa shape index (κ3) is 4.60. The van der Waals surface area contributed by atoms with E-state index in [1.165, 1.54) is 6.42 Å². The molecule has 2 aliphatic heterocycles. The molecule has 27 heavy (non-hydrogen) atoms. The number of aromatic nitrogens is 1. The van der Waals surface area contributed by atoms with E-state index in [1.54, 1.807) is 6.20 Å². The Bertz CT molecular complexity index is 677. The maximum Gasteiger partial charge on any atom is 0.257 e. The number of pyridine rings is 1. The van der Waals surface area contributed by atoms with Crippen molar-refractivity contribution < 1.29 is 9.59 Å². The summed E-state index contributed by atoms with van der Waals surface area (Å²) in [6.07, 6.45) is 6.00. The van der Waals surface area contributed by atoms with E-state index < -0.39 is 0 Å². The van der Waals surface area contributed by atoms with Gasteiger partial charge in [0.2, 0.25) is 5.91 Å². The Morgan fingerprint density at radius 3 is 2.30 bits per heavy atom. The molecular formula is C21H32N4O2. The SMILES string of the molecule is CC(C)(C)C(=O)N1CCCN(c2ncccc2C(=O)N2CCCCC2)CC1. The number of carbonyl (C=O) groups is 2. The predicted molar refractivity (Wildman–Crippen MR) is 107 cm³/mol. The minimum Gasteiger partial charge on any atom is -0.354 e. The van der Waals surface area contributed by atoms with Crippen molar-refractivity contribution in [3.8, 4) is 0 Å². The van der Waals surface area contributed by atoms with Gasteiger partial charge in [0.05, 0.1) is 5.56 Å². The van der Waals surface area contributed by atoms with Gasteiger partial charge in [-0.25, -0.2) is 4.98 Å². The van der Waals surface area contributed by atoms with Crippen molar-refractivity contribution in [3.05, 3.63) is 23.9 Å². The summed E-state index contributed by atoms with van der Waals surface area (Å²) in [6, 6.07) is 3.73. The highest BCUT2D eigenvalue weighted by molar-refractivity contribution is 5.99. The first kappa shape index (κ1) is 19.6. The second kappa shape index (κ2) is 8.28. The van der Waals surface area contributed by atoms with Crippen LogP contribution < -0.4 is 4.90 Å². The van der Waals surface area contributed by atoms with Crippen LogP contribution in [0.1, 0.15) is 56.8 Å². The molecule has 0 aliphatic carbocycles. The lowest BCUT2D eigenvalue weighted by molar-refractivity contribution is -0.139. The molecule has 0 saturated carbocycles. The molecule has 6 heteroatoms. The third-order valence-corrected chi connectivity index (χ3v) is 5.38. The van der Waals surface area contributed by atoms with Gasteiger partial charge >= 0.3 is 0 Å². The number of likely N-dealkylation sites (tertiary alicyclic amines) is 1. The van der Waals surface area contributed by atoms with Crippen molar-refractivity contribution in [2.75, 3.05) is 44.2 Å². The van der Waals surface area contributed by atoms with Crippen molar-refractivity contribution in [2.24, 2.45) is 5.41 Å². The first-order chi connectivity index (χ1) is 12.9. The molecule has 3 heterocycles. The molecule has 0 aromatic carbocycles. The van der Waals surface area contributed by atoms with Crippen LogP contribution in [0.4, 0.5) is 5.82 Å². The standard InChI is InChI=1S/C21H32N4O2/c1-21(2,3)20(27)25-14-8-13-23(15-16-25)18-17(9-7-10-22-18)19(26)24-11-5-4-6-12-24/h7,9-10H,4-6,8,11-16H2,1-3H3. The van der Waals surface area contributed by atoms with E-state index in [2.05, 4.69) is 9.88 Å². The Hall–Kier alpha value is -2.11. The molecule has 2 amide bonds. The highest BCUT2D eigenvalue weighted by atomic mass is 16.2. The van der Waals surface area contributed by atoms with Gasteiger partial charge in [-0.05, 0) is 37.8 Å². The number of hydrogen-bond donors (Lipinski definition) is 0. The van der Waals surface area contributed by atoms with Gasteiger partial charge in [0.25, 0.3) is 5.91 Å². The minimum atomic E-state index is -0.366. The molecule has 0 radical (unpaired) electrons. The highest BCUT2D eigenvalue weighted by Gasteiger charge is 2.30. The van der Waals surface area contributed by atoms with Crippen molar-refractivity contribution in [2.45, 2.75) is 46.5 Å². The Morgan fingerprint density at radius 2 is 1.59 bits per heavy atom. The molecular weight excluding hydrogens is 340 g/mol. The average Bonchev–Trinajstić information content (AvgIpc) is 2.93. The number of carbonyl (C=O) groups excluding carboxylic acids is 2. The Balaban J connectivity index is 1.75. The Morgan fingerprint density at radius 1 is 0.889 bits per heavy atom. The molecule has 0 unspecified atom stereocenters. The van der Waals surface area contributed by atoms with E-state index in [-0.39, 0.29) is 17.2 Å². The quantitative estimate of drug-likeness (QED) is 0.801. The maximum absolute atomic E-state index is 13.0. The fourth-order valence-corrected chi connectivity index (χ4v) is 3.89. The average molecular weight is 373 g/mol. The molecule has 0 atom stereocenters. The van der Waals surface area contributed by atoms with Gasteiger partial charge in [0, 0.05) is 50.9 Å². The summed E-state index contributed by atoms with van der Waals surface area (Å²) >= 11 is 0. The van der Waals surface area contributed by atoms with Crippen molar-refractivity contribution in [1.82, 2.24) is 14.8 Å². The lowest BCUT2D eigenvalue weighted by Gasteiger charge is -2.30. The molecule has 0 N–H and O–H groups in total. The summed E-state index contributed by atoms with van der Waals surface area (Å²) in [5.41, 5.74) is 0.324. The van der Waals surface area contributed by atoms with Gasteiger partial charge in [-0.3, -0.25) is 9.59 Å². The fourth-order valence-electron chi connectivity index (χ4n) is 3.89. The topological polar surface area (TPSA) is 56.8 Å². The van der Waals surface area contributed by atoms with Gasteiger partial charge in [-0.1, -0.05) is 20.8 Å². The number of nitrogens with zero attached hydrogens (tertiary/aromatic N) is 4. The lowest BCUT2D eigenvalue weighted by atomic mass is 9.94. The zero-order valence-corrected chi connectivity index (χ0v) is 16.9. The van der Waals surface area contributed by atoms with Crippen LogP contribution >= 0.6 is 0 Å². The van der Waals surface area contributed by atoms with E-state index in [4.69, 9.17) is 0 Å². The van der Waals surface area contributed by atoms with Gasteiger partial charge in [-0.2, -0.15) is 0 Å². The largest absolute Gasteiger partial charge is 0.354 e. The molecule has 6 nitrogen and oxygen atoms in total. The predicted octanol–water partition coefficient (Wildman–Crippen LogP) is 2.79. The van der Waals surface area contributed by atoms with Crippen LogP contribution in [0.5, 0.6) is 0 Å². The van der Waals surface area contributed by atoms with E-state index in [1.807, 2.05) is 42.7 Å². The Labute approximate surface area is 162 Å². The van der Waals surface area contributed by atoms with E-state index in [0.29, 0.717) is 18.7 Å². The second-order valence-corrected chi connectivity index (χ2v) is 8.61. The minimum absolute atomic E-state index is 0.0877. The summed E-state index contributed by atoms with van der Waals surface area (Å²) in [5.74, 6) is 1.04. The van der Waals surface area contributed by atoms with Crippen LogP contribution in [0, 0.1) is 5.41 Å². The monoisotopic (exact) mass is 372 g/mol. The van der Waals surface area contributed by atoms with Crippen LogP contribution in [-0.4, -0.2) is 65.9 Å². The van der Waals surface area contributed by atoms with Crippen LogP contribution in [-0.2, 0) is 4.79 Å². The van der Waals surface area contributed by atoms with Crippen molar-refractivity contribution >= 4 is 17.6 Å². The summed E-state index contributed by atoms with van der Waals surface area (Å²) in [4.78, 5) is 36.3. The molecule has 0 bridgehead atoms. The summed E-state index contributed by atoms with van der Waals surface area (Å²) in [7, 11) is 0. The van der Waals surface area contributed by atoms with Gasteiger partial charge in [0.1, 0.15) is 5.82 Å². The zero-order chi connectivity index (χ0) is 19.4. The molecule has 0 spiro atoms. The van der Waals surface area contributed by atoms with Crippen LogP contribution in [0.2, 0.25) is 0 Å². The lowest BCUT2D eigenvalue weighted by Crippen LogP contribution is -2.42.